The molecule has 0 saturated carbocycles. The number of hydrogen-bond donors (Lipinski definition) is 1. The number of amides is 1. The lowest BCUT2D eigenvalue weighted by atomic mass is 9.90. The van der Waals surface area contributed by atoms with Crippen molar-refractivity contribution < 1.29 is 23.8 Å². The molecule has 0 fully saturated rings. The fourth-order valence-electron chi connectivity index (χ4n) is 3.76. The molecule has 1 aliphatic heterocycles. The summed E-state index contributed by atoms with van der Waals surface area (Å²) in [5.41, 5.74) is 3.54. The van der Waals surface area contributed by atoms with Crippen molar-refractivity contribution in [3.05, 3.63) is 53.6 Å². The third kappa shape index (κ3) is 5.38. The normalized spacial score (nSPS) is 15.6. The van der Waals surface area contributed by atoms with E-state index in [0.717, 1.165) is 36.2 Å². The number of ether oxygens (including phenoxy) is 3. The molecule has 3 rings (SSSR count). The molecular formula is C24H29N3O5. The van der Waals surface area contributed by atoms with E-state index in [1.54, 1.807) is 20.3 Å². The topological polar surface area (TPSA) is 89.5 Å². The minimum absolute atomic E-state index is 0.357. The van der Waals surface area contributed by atoms with Crippen LogP contribution in [0, 0.1) is 5.92 Å². The Morgan fingerprint density at radius 1 is 1.09 bits per heavy atom. The van der Waals surface area contributed by atoms with Gasteiger partial charge in [0.25, 0.3) is 0 Å². The number of rotatable bonds is 7. The van der Waals surface area contributed by atoms with Gasteiger partial charge in [-0.2, -0.15) is 5.10 Å². The van der Waals surface area contributed by atoms with E-state index in [2.05, 4.69) is 17.0 Å². The number of carbonyl (C=O) groups is 2. The van der Waals surface area contributed by atoms with Gasteiger partial charge in [-0.05, 0) is 48.7 Å². The highest BCUT2D eigenvalue weighted by atomic mass is 16.5. The van der Waals surface area contributed by atoms with Gasteiger partial charge in [0.05, 0.1) is 33.6 Å². The Hall–Kier alpha value is -3.55. The van der Waals surface area contributed by atoms with Crippen molar-refractivity contribution in [1.29, 1.82) is 0 Å². The Bertz CT molecular complexity index is 1000. The Balaban J connectivity index is 1.81. The van der Waals surface area contributed by atoms with Crippen molar-refractivity contribution in [2.45, 2.75) is 26.3 Å². The predicted octanol–water partition coefficient (Wildman–Crippen LogP) is 3.45. The zero-order chi connectivity index (χ0) is 23.1. The highest BCUT2D eigenvalue weighted by molar-refractivity contribution is 6.37. The Morgan fingerprint density at radius 3 is 2.56 bits per heavy atom. The minimum atomic E-state index is -0.929. The monoisotopic (exact) mass is 439 g/mol. The number of anilines is 1. The first kappa shape index (κ1) is 23.1. The van der Waals surface area contributed by atoms with E-state index in [9.17, 15) is 9.59 Å². The van der Waals surface area contributed by atoms with Crippen LogP contribution in [-0.4, -0.2) is 50.5 Å². The van der Waals surface area contributed by atoms with Crippen LogP contribution in [-0.2, 0) is 20.9 Å². The smallest absolute Gasteiger partial charge is 0.396 e. The standard InChI is InChI=1S/C24H29N3O5/c1-5-17-11-12-27(26-22(17)18-9-10-20(30-2)21(14-18)31-3)15-16-7-6-8-19(13-16)25-23(28)24(29)32-4/h6-10,13-14,17H,5,11-12,15H2,1-4H3,(H,25,28). The zero-order valence-electron chi connectivity index (χ0n) is 18.9. The molecule has 0 aromatic heterocycles. The molecule has 1 N–H and O–H groups in total. The Labute approximate surface area is 188 Å². The fraction of sp³-hybridized carbons (Fsp3) is 0.375. The summed E-state index contributed by atoms with van der Waals surface area (Å²) in [6.45, 7) is 3.58. The van der Waals surface area contributed by atoms with Gasteiger partial charge in [0.2, 0.25) is 0 Å². The van der Waals surface area contributed by atoms with E-state index in [1.807, 2.05) is 41.4 Å². The molecule has 1 heterocycles. The van der Waals surface area contributed by atoms with E-state index >= 15 is 0 Å². The van der Waals surface area contributed by atoms with Gasteiger partial charge < -0.3 is 19.5 Å². The van der Waals surface area contributed by atoms with Gasteiger partial charge in [0, 0.05) is 23.7 Å². The molecule has 170 valence electrons. The molecule has 0 aliphatic carbocycles. The summed E-state index contributed by atoms with van der Waals surface area (Å²) in [7, 11) is 4.42. The second-order valence-electron chi connectivity index (χ2n) is 7.48. The zero-order valence-corrected chi connectivity index (χ0v) is 18.9. The average molecular weight is 440 g/mol. The van der Waals surface area contributed by atoms with Crippen LogP contribution >= 0.6 is 0 Å². The van der Waals surface area contributed by atoms with Crippen molar-refractivity contribution >= 4 is 23.3 Å². The maximum absolute atomic E-state index is 11.8. The quantitative estimate of drug-likeness (QED) is 0.525. The van der Waals surface area contributed by atoms with Crippen LogP contribution in [0.2, 0.25) is 0 Å². The number of nitrogens with one attached hydrogen (secondary N) is 1. The van der Waals surface area contributed by atoms with Gasteiger partial charge in [0.15, 0.2) is 11.5 Å². The molecule has 1 unspecified atom stereocenters. The molecule has 0 saturated heterocycles. The van der Waals surface area contributed by atoms with E-state index in [0.29, 0.717) is 29.6 Å². The number of benzene rings is 2. The van der Waals surface area contributed by atoms with E-state index in [-0.39, 0.29) is 0 Å². The van der Waals surface area contributed by atoms with Crippen LogP contribution in [0.3, 0.4) is 0 Å². The summed E-state index contributed by atoms with van der Waals surface area (Å²) < 4.78 is 15.3. The van der Waals surface area contributed by atoms with E-state index < -0.39 is 11.9 Å². The lowest BCUT2D eigenvalue weighted by Gasteiger charge is -2.31. The van der Waals surface area contributed by atoms with Crippen molar-refractivity contribution in [1.82, 2.24) is 5.01 Å². The number of nitrogens with zero attached hydrogens (tertiary/aromatic N) is 2. The first-order valence-corrected chi connectivity index (χ1v) is 10.5. The van der Waals surface area contributed by atoms with Gasteiger partial charge in [0.1, 0.15) is 0 Å². The number of carbonyl (C=O) groups excluding carboxylic acids is 2. The van der Waals surface area contributed by atoms with Crippen LogP contribution in [0.15, 0.2) is 47.6 Å². The molecule has 32 heavy (non-hydrogen) atoms. The van der Waals surface area contributed by atoms with Crippen molar-refractivity contribution in [2.24, 2.45) is 11.0 Å². The summed E-state index contributed by atoms with van der Waals surface area (Å²) >= 11 is 0. The first-order chi connectivity index (χ1) is 15.5. The fourth-order valence-corrected chi connectivity index (χ4v) is 3.76. The summed E-state index contributed by atoms with van der Waals surface area (Å²) in [4.78, 5) is 23.1. The molecule has 0 bridgehead atoms. The summed E-state index contributed by atoms with van der Waals surface area (Å²) in [6.07, 6.45) is 1.98. The molecular weight excluding hydrogens is 410 g/mol. The van der Waals surface area contributed by atoms with E-state index in [1.165, 1.54) is 7.11 Å². The minimum Gasteiger partial charge on any atom is -0.493 e. The largest absolute Gasteiger partial charge is 0.493 e. The lowest BCUT2D eigenvalue weighted by molar-refractivity contribution is -0.150. The molecule has 0 radical (unpaired) electrons. The average Bonchev–Trinajstić information content (AvgIpc) is 2.83. The first-order valence-electron chi connectivity index (χ1n) is 10.5. The molecule has 1 aliphatic rings. The Morgan fingerprint density at radius 2 is 1.88 bits per heavy atom. The van der Waals surface area contributed by atoms with Crippen LogP contribution < -0.4 is 14.8 Å². The van der Waals surface area contributed by atoms with Gasteiger partial charge in [-0.15, -0.1) is 0 Å². The third-order valence-corrected chi connectivity index (χ3v) is 5.46. The molecule has 2 aromatic carbocycles. The van der Waals surface area contributed by atoms with E-state index in [4.69, 9.17) is 14.6 Å². The van der Waals surface area contributed by atoms with Crippen molar-refractivity contribution in [3.63, 3.8) is 0 Å². The second-order valence-corrected chi connectivity index (χ2v) is 7.48. The van der Waals surface area contributed by atoms with Gasteiger partial charge >= 0.3 is 11.9 Å². The van der Waals surface area contributed by atoms with Crippen LogP contribution in [0.1, 0.15) is 30.9 Å². The van der Waals surface area contributed by atoms with Gasteiger partial charge in [-0.1, -0.05) is 19.1 Å². The summed E-state index contributed by atoms with van der Waals surface area (Å²) in [5.74, 6) is -0.0180. The molecule has 0 spiro atoms. The van der Waals surface area contributed by atoms with Crippen LogP contribution in [0.4, 0.5) is 5.69 Å². The predicted molar refractivity (Wildman–Crippen MR) is 122 cm³/mol. The SMILES string of the molecule is CCC1CCN(Cc2cccc(NC(=O)C(=O)OC)c2)N=C1c1ccc(OC)c(OC)c1. The second kappa shape index (κ2) is 10.7. The molecule has 2 aromatic rings. The van der Waals surface area contributed by atoms with Crippen LogP contribution in [0.5, 0.6) is 11.5 Å². The highest BCUT2D eigenvalue weighted by Crippen LogP contribution is 2.31. The third-order valence-electron chi connectivity index (χ3n) is 5.46. The van der Waals surface area contributed by atoms with Crippen LogP contribution in [0.25, 0.3) is 0 Å². The highest BCUT2D eigenvalue weighted by Gasteiger charge is 2.24. The molecule has 8 heteroatoms. The van der Waals surface area contributed by atoms with Gasteiger partial charge in [-0.3, -0.25) is 9.80 Å². The maximum atomic E-state index is 11.8. The number of esters is 1. The summed E-state index contributed by atoms with van der Waals surface area (Å²) in [6, 6.07) is 13.2. The Kier molecular flexibility index (Phi) is 7.70. The number of hydrogen-bond acceptors (Lipinski definition) is 7. The molecule has 1 amide bonds. The summed E-state index contributed by atoms with van der Waals surface area (Å²) in [5, 5.41) is 9.53. The van der Waals surface area contributed by atoms with Gasteiger partial charge in [-0.25, -0.2) is 4.79 Å². The number of methoxy groups -OCH3 is 3. The van der Waals surface area contributed by atoms with Crippen molar-refractivity contribution in [3.8, 4) is 11.5 Å². The number of hydrazone groups is 1. The maximum Gasteiger partial charge on any atom is 0.396 e. The molecule has 8 nitrogen and oxygen atoms in total. The van der Waals surface area contributed by atoms with Crippen molar-refractivity contribution in [2.75, 3.05) is 33.2 Å². The molecule has 1 atom stereocenters. The lowest BCUT2D eigenvalue weighted by Crippen LogP contribution is -2.32.